The van der Waals surface area contributed by atoms with Crippen LogP contribution in [0.5, 0.6) is 0 Å². The average molecular weight is 435 g/mol. The highest BCUT2D eigenvalue weighted by Gasteiger charge is 2.20. The van der Waals surface area contributed by atoms with E-state index >= 15 is 0 Å². The van der Waals surface area contributed by atoms with Gasteiger partial charge in [-0.3, -0.25) is 14.5 Å². The second kappa shape index (κ2) is 10.4. The van der Waals surface area contributed by atoms with Gasteiger partial charge in [0.05, 0.1) is 22.4 Å². The third-order valence-corrected chi connectivity index (χ3v) is 6.25. The van der Waals surface area contributed by atoms with Crippen LogP contribution in [0.3, 0.4) is 0 Å². The van der Waals surface area contributed by atoms with Crippen molar-refractivity contribution in [3.63, 3.8) is 0 Å². The minimum Gasteiger partial charge on any atom is -0.339 e. The number of benzene rings is 2. The Morgan fingerprint density at radius 1 is 1.03 bits per heavy atom. The lowest BCUT2D eigenvalue weighted by atomic mass is 10.2. The van der Waals surface area contributed by atoms with Crippen LogP contribution >= 0.6 is 11.8 Å². The molecule has 3 aromatic rings. The highest BCUT2D eigenvalue weighted by Crippen LogP contribution is 2.13. The van der Waals surface area contributed by atoms with Crippen LogP contribution in [-0.2, 0) is 10.5 Å². The summed E-state index contributed by atoms with van der Waals surface area (Å²) >= 11 is 1.49. The maximum Gasteiger partial charge on any atom is 0.258 e. The van der Waals surface area contributed by atoms with E-state index in [1.54, 1.807) is 6.07 Å². The fourth-order valence-electron chi connectivity index (χ4n) is 3.61. The van der Waals surface area contributed by atoms with Gasteiger partial charge in [0.15, 0.2) is 0 Å². The summed E-state index contributed by atoms with van der Waals surface area (Å²) in [5.41, 5.74) is 1.76. The maximum atomic E-state index is 12.6. The molecule has 0 unspecified atom stereocenters. The van der Waals surface area contributed by atoms with Crippen molar-refractivity contribution in [3.8, 4) is 0 Å². The summed E-state index contributed by atoms with van der Waals surface area (Å²) in [6.45, 7) is 4.17. The fraction of sp³-hybridized carbons (Fsp3) is 0.292. The molecular formula is C24H26N4O2S. The van der Waals surface area contributed by atoms with E-state index in [2.05, 4.69) is 39.2 Å². The molecule has 0 saturated carbocycles. The summed E-state index contributed by atoms with van der Waals surface area (Å²) in [5, 5.41) is 0.587. The van der Waals surface area contributed by atoms with E-state index in [1.165, 1.54) is 17.3 Å². The maximum absolute atomic E-state index is 12.6. The molecule has 0 bridgehead atoms. The highest BCUT2D eigenvalue weighted by molar-refractivity contribution is 7.99. The molecule has 0 spiro atoms. The van der Waals surface area contributed by atoms with Crippen LogP contribution in [0.25, 0.3) is 17.0 Å². The molecule has 1 fully saturated rings. The van der Waals surface area contributed by atoms with Crippen molar-refractivity contribution in [2.45, 2.75) is 5.75 Å². The predicted molar refractivity (Wildman–Crippen MR) is 127 cm³/mol. The van der Waals surface area contributed by atoms with Gasteiger partial charge in [0.25, 0.3) is 5.56 Å². The van der Waals surface area contributed by atoms with Crippen LogP contribution in [-0.4, -0.2) is 64.2 Å². The zero-order valence-corrected chi connectivity index (χ0v) is 18.2. The molecule has 7 heteroatoms. The standard InChI is InChI=1S/C24H26N4O2S/c29-23(18-31-17-22-25-21-11-5-4-10-20(21)24(30)26-22)28-15-13-27(14-16-28)12-6-9-19-7-2-1-3-8-19/h1-11H,12-18H2,(H,25,26,30)/b9-6+. The topological polar surface area (TPSA) is 69.3 Å². The van der Waals surface area contributed by atoms with Gasteiger partial charge in [0, 0.05) is 32.7 Å². The quantitative estimate of drug-likeness (QED) is 0.619. The number of H-pyrrole nitrogens is 1. The summed E-state index contributed by atoms with van der Waals surface area (Å²) in [7, 11) is 0. The lowest BCUT2D eigenvalue weighted by Gasteiger charge is -2.34. The Balaban J connectivity index is 1.20. The molecule has 1 aromatic heterocycles. The predicted octanol–water partition coefficient (Wildman–Crippen LogP) is 3.01. The smallest absolute Gasteiger partial charge is 0.258 e. The van der Waals surface area contributed by atoms with E-state index in [4.69, 9.17) is 0 Å². The zero-order chi connectivity index (χ0) is 21.5. The Morgan fingerprint density at radius 2 is 1.77 bits per heavy atom. The summed E-state index contributed by atoms with van der Waals surface area (Å²) in [6, 6.07) is 17.6. The van der Waals surface area contributed by atoms with Crippen molar-refractivity contribution in [1.29, 1.82) is 0 Å². The molecule has 2 heterocycles. The molecule has 0 aliphatic carbocycles. The minimum atomic E-state index is -0.134. The van der Waals surface area contributed by atoms with Crippen molar-refractivity contribution in [3.05, 3.63) is 82.4 Å². The molecular weight excluding hydrogens is 408 g/mol. The lowest BCUT2D eigenvalue weighted by Crippen LogP contribution is -2.49. The zero-order valence-electron chi connectivity index (χ0n) is 17.4. The Bertz CT molecular complexity index is 1110. The first-order valence-electron chi connectivity index (χ1n) is 10.5. The van der Waals surface area contributed by atoms with Gasteiger partial charge in [-0.1, -0.05) is 54.6 Å². The monoisotopic (exact) mass is 434 g/mol. The molecule has 1 amide bonds. The first kappa shape index (κ1) is 21.3. The number of fused-ring (bicyclic) bond motifs is 1. The van der Waals surface area contributed by atoms with Crippen LogP contribution in [0.2, 0.25) is 0 Å². The molecule has 6 nitrogen and oxygen atoms in total. The largest absolute Gasteiger partial charge is 0.339 e. The number of nitrogens with one attached hydrogen (secondary N) is 1. The number of amides is 1. The van der Waals surface area contributed by atoms with E-state index in [9.17, 15) is 9.59 Å². The number of piperazine rings is 1. The number of carbonyl (C=O) groups excluding carboxylic acids is 1. The molecule has 1 aliphatic heterocycles. The van der Waals surface area contributed by atoms with Gasteiger partial charge in [0.1, 0.15) is 5.82 Å². The molecule has 2 aromatic carbocycles. The number of hydrogen-bond acceptors (Lipinski definition) is 5. The Kier molecular flexibility index (Phi) is 7.17. The fourth-order valence-corrected chi connectivity index (χ4v) is 4.40. The van der Waals surface area contributed by atoms with Crippen LogP contribution in [0.15, 0.2) is 65.5 Å². The third kappa shape index (κ3) is 5.83. The molecule has 4 rings (SSSR count). The Morgan fingerprint density at radius 3 is 2.58 bits per heavy atom. The number of nitrogens with zero attached hydrogens (tertiary/aromatic N) is 3. The van der Waals surface area contributed by atoms with Crippen molar-refractivity contribution in [2.75, 3.05) is 38.5 Å². The molecule has 1 aliphatic rings. The number of aromatic nitrogens is 2. The molecule has 31 heavy (non-hydrogen) atoms. The SMILES string of the molecule is O=C(CSCc1nc2ccccc2c(=O)[nH]1)N1CCN(C/C=C/c2ccccc2)CC1. The van der Waals surface area contributed by atoms with Gasteiger partial charge in [-0.25, -0.2) is 4.98 Å². The Labute approximate surface area is 186 Å². The Hall–Kier alpha value is -2.90. The number of carbonyl (C=O) groups is 1. The second-order valence-electron chi connectivity index (χ2n) is 7.52. The molecule has 160 valence electrons. The van der Waals surface area contributed by atoms with Crippen LogP contribution < -0.4 is 5.56 Å². The molecule has 1 saturated heterocycles. The van der Waals surface area contributed by atoms with Crippen molar-refractivity contribution in [2.24, 2.45) is 0 Å². The first-order chi connectivity index (χ1) is 15.2. The molecule has 0 atom stereocenters. The van der Waals surface area contributed by atoms with Gasteiger partial charge >= 0.3 is 0 Å². The number of rotatable bonds is 7. The molecule has 1 N–H and O–H groups in total. The average Bonchev–Trinajstić information content (AvgIpc) is 2.80. The number of para-hydroxylation sites is 1. The van der Waals surface area contributed by atoms with Crippen molar-refractivity contribution in [1.82, 2.24) is 19.8 Å². The van der Waals surface area contributed by atoms with E-state index in [0.717, 1.165) is 32.7 Å². The van der Waals surface area contributed by atoms with Crippen molar-refractivity contribution < 1.29 is 4.79 Å². The number of thioether (sulfide) groups is 1. The van der Waals surface area contributed by atoms with Gasteiger partial charge in [0.2, 0.25) is 5.91 Å². The summed E-state index contributed by atoms with van der Waals surface area (Å²) in [6.07, 6.45) is 4.32. The van der Waals surface area contributed by atoms with E-state index in [0.29, 0.717) is 28.2 Å². The van der Waals surface area contributed by atoms with Crippen LogP contribution in [0, 0.1) is 0 Å². The van der Waals surface area contributed by atoms with E-state index in [1.807, 2.05) is 41.3 Å². The normalized spacial score (nSPS) is 15.0. The summed E-state index contributed by atoms with van der Waals surface area (Å²) in [5.74, 6) is 1.66. The van der Waals surface area contributed by atoms with Gasteiger partial charge in [-0.15, -0.1) is 11.8 Å². The molecule has 0 radical (unpaired) electrons. The van der Waals surface area contributed by atoms with Gasteiger partial charge in [-0.05, 0) is 17.7 Å². The minimum absolute atomic E-state index is 0.134. The number of aromatic amines is 1. The first-order valence-corrected chi connectivity index (χ1v) is 11.6. The summed E-state index contributed by atoms with van der Waals surface area (Å²) < 4.78 is 0. The van der Waals surface area contributed by atoms with Gasteiger partial charge in [-0.2, -0.15) is 0 Å². The van der Waals surface area contributed by atoms with E-state index < -0.39 is 0 Å². The lowest BCUT2D eigenvalue weighted by molar-refractivity contribution is -0.129. The van der Waals surface area contributed by atoms with Crippen LogP contribution in [0.4, 0.5) is 0 Å². The van der Waals surface area contributed by atoms with Crippen LogP contribution in [0.1, 0.15) is 11.4 Å². The highest BCUT2D eigenvalue weighted by atomic mass is 32.2. The summed E-state index contributed by atoms with van der Waals surface area (Å²) in [4.78, 5) is 36.3. The van der Waals surface area contributed by atoms with Crippen molar-refractivity contribution >= 4 is 34.6 Å². The third-order valence-electron chi connectivity index (χ3n) is 5.32. The van der Waals surface area contributed by atoms with Gasteiger partial charge < -0.3 is 9.88 Å². The van der Waals surface area contributed by atoms with E-state index in [-0.39, 0.29) is 11.5 Å². The number of hydrogen-bond donors (Lipinski definition) is 1. The second-order valence-corrected chi connectivity index (χ2v) is 8.50.